The SMILES string of the molecule is CC/C=C/C/C=C/C/C=C/C/C=C/C/C=C/CCC(=O)OC(COCCC(C(=O)[O-])[N+](C)(C)C)COC(=O)CCCCC/C=C/CCCCCCCCC. The van der Waals surface area contributed by atoms with E-state index in [1.165, 1.54) is 44.9 Å². The molecule has 8 nitrogen and oxygen atoms in total. The molecule has 0 aliphatic carbocycles. The van der Waals surface area contributed by atoms with Crippen molar-refractivity contribution in [2.75, 3.05) is 41.0 Å². The number of quaternary nitrogens is 1. The Hall–Kier alpha value is -3.23. The van der Waals surface area contributed by atoms with Crippen molar-refractivity contribution in [2.24, 2.45) is 0 Å². The van der Waals surface area contributed by atoms with Crippen molar-refractivity contribution in [1.82, 2.24) is 0 Å². The maximum absolute atomic E-state index is 12.7. The molecule has 0 rings (SSSR count). The van der Waals surface area contributed by atoms with Crippen LogP contribution in [0.4, 0.5) is 0 Å². The standard InChI is InChI=1S/C46H77NO7/c1-6-8-10-12-14-16-18-20-22-23-25-27-29-31-33-35-37-45(49)54-42(40-52-39-38-43(46(50)51)47(3,4)5)41-53-44(48)36-34-32-30-28-26-24-21-19-17-15-13-11-9-7-2/h8,10,14,16,20,22,24-27,31,33,42-43H,6-7,9,11-13,15,17-19,21,23,28-30,32,34-41H2,1-5H3/b10-8+,16-14+,22-20+,26-24+,27-25+,33-31+. The molecule has 0 aromatic carbocycles. The van der Waals surface area contributed by atoms with E-state index >= 15 is 0 Å². The average Bonchev–Trinajstić information content (AvgIpc) is 3.12. The Balaban J connectivity index is 4.54. The Bertz CT molecular complexity index is 1110. The van der Waals surface area contributed by atoms with E-state index in [1.54, 1.807) is 21.1 Å². The maximum Gasteiger partial charge on any atom is 0.306 e. The Kier molecular flexibility index (Phi) is 34.5. The van der Waals surface area contributed by atoms with Gasteiger partial charge in [0.2, 0.25) is 0 Å². The highest BCUT2D eigenvalue weighted by atomic mass is 16.6. The lowest BCUT2D eigenvalue weighted by atomic mass is 10.1. The summed E-state index contributed by atoms with van der Waals surface area (Å²) in [5, 5.41) is 11.6. The van der Waals surface area contributed by atoms with Gasteiger partial charge >= 0.3 is 11.9 Å². The molecule has 0 aromatic rings. The molecule has 2 unspecified atom stereocenters. The number of ether oxygens (including phenoxy) is 3. The Labute approximate surface area is 330 Å². The zero-order chi connectivity index (χ0) is 40.0. The molecule has 0 N–H and O–H groups in total. The van der Waals surface area contributed by atoms with Crippen LogP contribution in [0.2, 0.25) is 0 Å². The topological polar surface area (TPSA) is 102 Å². The van der Waals surface area contributed by atoms with Crippen molar-refractivity contribution in [3.8, 4) is 0 Å². The zero-order valence-electron chi connectivity index (χ0n) is 34.9. The number of carbonyl (C=O) groups is 3. The maximum atomic E-state index is 12.7. The Morgan fingerprint density at radius 2 is 1.07 bits per heavy atom. The highest BCUT2D eigenvalue weighted by Crippen LogP contribution is 2.11. The lowest BCUT2D eigenvalue weighted by Crippen LogP contribution is -2.55. The second kappa shape index (κ2) is 36.7. The van der Waals surface area contributed by atoms with Crippen molar-refractivity contribution in [3.63, 3.8) is 0 Å². The van der Waals surface area contributed by atoms with Crippen LogP contribution in [0, 0.1) is 0 Å². The van der Waals surface area contributed by atoms with E-state index in [0.717, 1.165) is 64.2 Å². The lowest BCUT2D eigenvalue weighted by Gasteiger charge is -2.34. The average molecular weight is 756 g/mol. The molecule has 0 aliphatic rings. The molecule has 308 valence electrons. The van der Waals surface area contributed by atoms with E-state index in [1.807, 2.05) is 12.2 Å². The normalized spacial score (nSPS) is 13.7. The van der Waals surface area contributed by atoms with Crippen LogP contribution in [0.1, 0.15) is 149 Å². The third-order valence-corrected chi connectivity index (χ3v) is 8.84. The number of carboxylic acid groups (broad SMARTS) is 1. The summed E-state index contributed by atoms with van der Waals surface area (Å²) in [6.07, 6.45) is 45.1. The van der Waals surface area contributed by atoms with Gasteiger partial charge in [-0.2, -0.15) is 0 Å². The van der Waals surface area contributed by atoms with Crippen molar-refractivity contribution in [1.29, 1.82) is 0 Å². The van der Waals surface area contributed by atoms with E-state index < -0.39 is 24.1 Å². The van der Waals surface area contributed by atoms with Gasteiger partial charge < -0.3 is 28.6 Å². The van der Waals surface area contributed by atoms with Crippen LogP contribution in [-0.4, -0.2) is 75.5 Å². The monoisotopic (exact) mass is 756 g/mol. The van der Waals surface area contributed by atoms with Crippen LogP contribution >= 0.6 is 0 Å². The van der Waals surface area contributed by atoms with E-state index in [2.05, 4.69) is 74.6 Å². The first-order valence-corrected chi connectivity index (χ1v) is 21.0. The molecular weight excluding hydrogens is 679 g/mol. The summed E-state index contributed by atoms with van der Waals surface area (Å²) in [6, 6.07) is -0.743. The number of unbranched alkanes of at least 4 members (excludes halogenated alkanes) is 10. The van der Waals surface area contributed by atoms with Crippen LogP contribution < -0.4 is 5.11 Å². The summed E-state index contributed by atoms with van der Waals surface area (Å²) in [5.74, 6) is -1.87. The molecule has 0 amide bonds. The predicted octanol–water partition coefficient (Wildman–Crippen LogP) is 9.85. The molecule has 54 heavy (non-hydrogen) atoms. The first kappa shape index (κ1) is 50.8. The fraction of sp³-hybridized carbons (Fsp3) is 0.674. The second-order valence-electron chi connectivity index (χ2n) is 14.8. The number of rotatable bonds is 36. The summed E-state index contributed by atoms with van der Waals surface area (Å²) >= 11 is 0. The zero-order valence-corrected chi connectivity index (χ0v) is 34.9. The Morgan fingerprint density at radius 1 is 0.574 bits per heavy atom. The smallest absolute Gasteiger partial charge is 0.306 e. The summed E-state index contributed by atoms with van der Waals surface area (Å²) in [4.78, 5) is 36.7. The van der Waals surface area contributed by atoms with Gasteiger partial charge in [0.1, 0.15) is 12.6 Å². The van der Waals surface area contributed by atoms with Gasteiger partial charge in [0, 0.05) is 19.3 Å². The van der Waals surface area contributed by atoms with Gasteiger partial charge in [0.05, 0.1) is 40.3 Å². The molecular formula is C46H77NO7. The molecule has 0 fully saturated rings. The highest BCUT2D eigenvalue weighted by Gasteiger charge is 2.25. The minimum atomic E-state index is -1.14. The third kappa shape index (κ3) is 34.5. The summed E-state index contributed by atoms with van der Waals surface area (Å²) in [6.45, 7) is 4.42. The molecule has 0 aliphatic heterocycles. The number of allylic oxidation sites excluding steroid dienone is 12. The third-order valence-electron chi connectivity index (χ3n) is 8.84. The number of hydrogen-bond donors (Lipinski definition) is 0. The molecule has 0 saturated carbocycles. The van der Waals surface area contributed by atoms with Crippen LogP contribution in [-0.2, 0) is 28.6 Å². The highest BCUT2D eigenvalue weighted by molar-refractivity contribution is 5.70. The number of likely N-dealkylation sites (N-methyl/N-ethyl adjacent to an activating group) is 1. The molecule has 0 heterocycles. The van der Waals surface area contributed by atoms with Crippen molar-refractivity contribution in [3.05, 3.63) is 72.9 Å². The van der Waals surface area contributed by atoms with E-state index in [9.17, 15) is 19.5 Å². The van der Waals surface area contributed by atoms with Crippen molar-refractivity contribution in [2.45, 2.75) is 161 Å². The fourth-order valence-corrected chi connectivity index (χ4v) is 5.58. The Morgan fingerprint density at radius 3 is 1.61 bits per heavy atom. The van der Waals surface area contributed by atoms with Gasteiger partial charge in [-0.3, -0.25) is 9.59 Å². The van der Waals surface area contributed by atoms with Crippen LogP contribution in [0.5, 0.6) is 0 Å². The molecule has 8 heteroatoms. The van der Waals surface area contributed by atoms with Crippen molar-refractivity contribution < 1.29 is 38.2 Å². The number of esters is 2. The number of carbonyl (C=O) groups excluding carboxylic acids is 3. The minimum absolute atomic E-state index is 0.00277. The van der Waals surface area contributed by atoms with Gasteiger partial charge in [0.25, 0.3) is 0 Å². The lowest BCUT2D eigenvalue weighted by molar-refractivity contribution is -0.889. The summed E-state index contributed by atoms with van der Waals surface area (Å²) in [5.41, 5.74) is 0. The fourth-order valence-electron chi connectivity index (χ4n) is 5.58. The summed E-state index contributed by atoms with van der Waals surface area (Å²) < 4.78 is 17.0. The number of hydrogen-bond acceptors (Lipinski definition) is 7. The molecule has 0 spiro atoms. The quantitative estimate of drug-likeness (QED) is 0.0272. The minimum Gasteiger partial charge on any atom is -0.544 e. The molecule has 0 saturated heterocycles. The van der Waals surface area contributed by atoms with Gasteiger partial charge in [0.15, 0.2) is 6.10 Å². The van der Waals surface area contributed by atoms with E-state index in [0.29, 0.717) is 12.8 Å². The predicted molar refractivity (Wildman–Crippen MR) is 222 cm³/mol. The number of carboxylic acids is 1. The van der Waals surface area contributed by atoms with Gasteiger partial charge in [-0.25, -0.2) is 0 Å². The van der Waals surface area contributed by atoms with Crippen LogP contribution in [0.3, 0.4) is 0 Å². The molecule has 0 radical (unpaired) electrons. The van der Waals surface area contributed by atoms with Gasteiger partial charge in [-0.1, -0.05) is 132 Å². The van der Waals surface area contributed by atoms with Gasteiger partial charge in [-0.15, -0.1) is 0 Å². The van der Waals surface area contributed by atoms with Gasteiger partial charge in [-0.05, 0) is 70.6 Å². The van der Waals surface area contributed by atoms with Crippen molar-refractivity contribution >= 4 is 17.9 Å². The molecule has 2 atom stereocenters. The molecule has 0 bridgehead atoms. The molecule has 0 aromatic heterocycles. The van der Waals surface area contributed by atoms with Crippen LogP contribution in [0.25, 0.3) is 0 Å². The first-order chi connectivity index (χ1) is 26.1. The van der Waals surface area contributed by atoms with Crippen LogP contribution in [0.15, 0.2) is 72.9 Å². The number of nitrogens with zero attached hydrogens (tertiary/aromatic N) is 1. The van der Waals surface area contributed by atoms with E-state index in [4.69, 9.17) is 14.2 Å². The number of aliphatic carboxylic acids is 1. The van der Waals surface area contributed by atoms with E-state index in [-0.39, 0.29) is 43.1 Å². The second-order valence-corrected chi connectivity index (χ2v) is 14.8. The largest absolute Gasteiger partial charge is 0.544 e. The first-order valence-electron chi connectivity index (χ1n) is 21.0. The summed E-state index contributed by atoms with van der Waals surface area (Å²) in [7, 11) is 5.36.